The van der Waals surface area contributed by atoms with E-state index in [0.717, 1.165) is 54.1 Å². The average Bonchev–Trinajstić information content (AvgIpc) is 3.69. The second-order valence-electron chi connectivity index (χ2n) is 16.8. The third kappa shape index (κ3) is 17.5. The predicted octanol–water partition coefficient (Wildman–Crippen LogP) is 8.65. The van der Waals surface area contributed by atoms with Crippen molar-refractivity contribution in [3.05, 3.63) is 187 Å². The molecule has 4 aromatic carbocycles. The number of ether oxygens (including phenoxy) is 2. The van der Waals surface area contributed by atoms with Crippen LogP contribution in [-0.4, -0.2) is 101 Å². The summed E-state index contributed by atoms with van der Waals surface area (Å²) in [6.07, 6.45) is 6.07. The first kappa shape index (κ1) is 60.3. The Morgan fingerprint density at radius 3 is 1.34 bits per heavy atom. The molecule has 0 saturated carbocycles. The molecule has 0 spiro atoms. The van der Waals surface area contributed by atoms with Crippen molar-refractivity contribution < 1.29 is 43.3 Å². The van der Waals surface area contributed by atoms with Crippen LogP contribution in [0.1, 0.15) is 91.2 Å². The van der Waals surface area contributed by atoms with Crippen LogP contribution in [0.25, 0.3) is 0 Å². The first-order valence-corrected chi connectivity index (χ1v) is 27.2. The molecular weight excluding hydrogens is 1140 g/mol. The second kappa shape index (κ2) is 30.9. The highest BCUT2D eigenvalue weighted by molar-refractivity contribution is 14.1. The van der Waals surface area contributed by atoms with Crippen molar-refractivity contribution in [1.82, 2.24) is 41.7 Å². The van der Waals surface area contributed by atoms with Crippen LogP contribution in [0.2, 0.25) is 10.0 Å². The summed E-state index contributed by atoms with van der Waals surface area (Å²) in [5.74, 6) is -1.96. The Hall–Kier alpha value is -7.53. The topological polar surface area (TPSA) is 254 Å². The SMILES string of the molecule is CCOC(=O)CN(C)C(=O)c1cnc(NNC(=O)NC2c3ccccc3CCc3ccccc32)c(Cl)c1.CCOC(=O)CNC.CI.O=C(NNc1ncc(C(=O)O)cc1Cl)NC1c2ccccc2CCc2ccccc21. The maximum absolute atomic E-state index is 12.9. The molecule has 2 aliphatic carbocycles. The first-order valence-electron chi connectivity index (χ1n) is 24.3. The minimum atomic E-state index is -1.13. The van der Waals surface area contributed by atoms with Gasteiger partial charge < -0.3 is 35.4 Å². The summed E-state index contributed by atoms with van der Waals surface area (Å²) in [4.78, 5) is 82.4. The van der Waals surface area contributed by atoms with Gasteiger partial charge in [-0.1, -0.05) is 143 Å². The molecular formula is C55H61Cl2IN10O9. The fourth-order valence-corrected chi connectivity index (χ4v) is 8.69. The molecule has 5 amide bonds. The molecule has 0 aliphatic heterocycles. The van der Waals surface area contributed by atoms with Crippen LogP contribution in [-0.2, 0) is 44.7 Å². The van der Waals surface area contributed by atoms with Crippen LogP contribution in [0.4, 0.5) is 21.2 Å². The van der Waals surface area contributed by atoms with Crippen molar-refractivity contribution in [1.29, 1.82) is 0 Å². The standard InChI is InChI=1S/C27H28ClN5O4.C22H19ClN4O3.C5H11NO2.CH3I/c1-3-37-23(34)16-33(2)26(35)19-14-22(28)25(29-15-19)31-32-27(36)30-24-20-10-6-4-8-17(20)12-13-18-9-5-7-11-21(18)24;23-18-11-15(21(28)29)12-24-20(18)26-27-22(30)25-19-16-7-3-1-5-13(16)9-10-14-6-2-4-8-17(14)19;1-3-8-5(7)4-6-2;1-2/h4-11,14-15,24H,3,12-13,16H2,1-2H3,(H,29,31)(H2,30,32,36);1-8,11-12,19H,9-10H2,(H,24,26)(H,28,29)(H2,25,27,30);6H,3-4H2,1-2H3;1H3. The van der Waals surface area contributed by atoms with Gasteiger partial charge in [0.05, 0.1) is 53.0 Å². The number of carboxylic acid groups (broad SMARTS) is 1. The lowest BCUT2D eigenvalue weighted by molar-refractivity contribution is -0.143. The zero-order chi connectivity index (χ0) is 55.9. The Bertz CT molecular complexity index is 2900. The molecule has 2 heterocycles. The van der Waals surface area contributed by atoms with E-state index in [1.54, 1.807) is 20.9 Å². The smallest absolute Gasteiger partial charge is 0.337 e. The molecule has 2 aliphatic rings. The van der Waals surface area contributed by atoms with Gasteiger partial charge in [0, 0.05) is 19.4 Å². The number of hydrogen-bond acceptors (Lipinski definition) is 13. The van der Waals surface area contributed by atoms with Crippen LogP contribution < -0.4 is 37.7 Å². The van der Waals surface area contributed by atoms with E-state index in [1.165, 1.54) is 52.5 Å². The van der Waals surface area contributed by atoms with Gasteiger partial charge in [-0.3, -0.25) is 36.1 Å². The van der Waals surface area contributed by atoms with E-state index in [4.69, 9.17) is 33.0 Å². The highest BCUT2D eigenvalue weighted by Crippen LogP contribution is 2.34. The average molecular weight is 1200 g/mol. The number of hydrazine groups is 2. The number of rotatable bonds is 14. The van der Waals surface area contributed by atoms with E-state index in [1.807, 2.05) is 77.7 Å². The Morgan fingerprint density at radius 2 is 0.974 bits per heavy atom. The fraction of sp³-hybridized carbons (Fsp3) is 0.273. The molecule has 0 fully saturated rings. The third-order valence-corrected chi connectivity index (χ3v) is 12.3. The number of esters is 2. The highest BCUT2D eigenvalue weighted by atomic mass is 127. The molecule has 0 saturated heterocycles. The molecule has 0 unspecified atom stereocenters. The number of alkyl halides is 1. The highest BCUT2D eigenvalue weighted by Gasteiger charge is 2.27. The zero-order valence-electron chi connectivity index (χ0n) is 43.0. The normalized spacial score (nSPS) is 11.9. The largest absolute Gasteiger partial charge is 0.478 e. The maximum Gasteiger partial charge on any atom is 0.337 e. The number of amides is 5. The van der Waals surface area contributed by atoms with E-state index >= 15 is 0 Å². The van der Waals surface area contributed by atoms with Crippen LogP contribution in [0.5, 0.6) is 0 Å². The van der Waals surface area contributed by atoms with Gasteiger partial charge in [0.1, 0.15) is 6.54 Å². The Morgan fingerprint density at radius 1 is 0.610 bits per heavy atom. The van der Waals surface area contributed by atoms with E-state index in [2.05, 4.69) is 99.2 Å². The van der Waals surface area contributed by atoms with Gasteiger partial charge in [0.2, 0.25) is 0 Å². The zero-order valence-corrected chi connectivity index (χ0v) is 46.7. The first-order chi connectivity index (χ1) is 37.2. The maximum atomic E-state index is 12.9. The predicted molar refractivity (Wildman–Crippen MR) is 304 cm³/mol. The quantitative estimate of drug-likeness (QED) is 0.0220. The van der Waals surface area contributed by atoms with E-state index < -0.39 is 29.9 Å². The van der Waals surface area contributed by atoms with Gasteiger partial charge >= 0.3 is 30.0 Å². The van der Waals surface area contributed by atoms with Gasteiger partial charge in [-0.25, -0.2) is 24.4 Å². The number of carbonyl (C=O) groups is 6. The molecule has 8 N–H and O–H groups in total. The Kier molecular flexibility index (Phi) is 24.2. The van der Waals surface area contributed by atoms with Crippen molar-refractivity contribution in [2.45, 2.75) is 51.6 Å². The number of hydrogen-bond donors (Lipinski definition) is 8. The number of halogens is 3. The van der Waals surface area contributed by atoms with E-state index in [0.29, 0.717) is 13.2 Å². The number of nitrogens with one attached hydrogen (secondary N) is 7. The van der Waals surface area contributed by atoms with Crippen LogP contribution in [0, 0.1) is 0 Å². The molecule has 19 nitrogen and oxygen atoms in total. The number of aromatic carboxylic acids is 1. The van der Waals surface area contributed by atoms with E-state index in [9.17, 15) is 28.8 Å². The number of anilines is 2. The third-order valence-electron chi connectivity index (χ3n) is 11.8. The van der Waals surface area contributed by atoms with Gasteiger partial charge in [-0.2, -0.15) is 0 Å². The molecule has 0 bridgehead atoms. The molecule has 6 aromatic rings. The fourth-order valence-electron chi connectivity index (χ4n) is 8.27. The Labute approximate surface area is 470 Å². The summed E-state index contributed by atoms with van der Waals surface area (Å²) in [5.41, 5.74) is 19.6. The summed E-state index contributed by atoms with van der Waals surface area (Å²) in [6.45, 7) is 4.27. The second-order valence-corrected chi connectivity index (χ2v) is 17.6. The molecule has 0 atom stereocenters. The number of fused-ring (bicyclic) bond motifs is 4. The van der Waals surface area contributed by atoms with Crippen molar-refractivity contribution in [2.75, 3.05) is 56.2 Å². The molecule has 2 aromatic heterocycles. The van der Waals surface area contributed by atoms with Crippen molar-refractivity contribution in [2.24, 2.45) is 0 Å². The van der Waals surface area contributed by atoms with Gasteiger partial charge in [0.25, 0.3) is 5.91 Å². The van der Waals surface area contributed by atoms with Crippen LogP contribution >= 0.6 is 45.8 Å². The van der Waals surface area contributed by atoms with Crippen molar-refractivity contribution in [3.8, 4) is 0 Å². The Balaban J connectivity index is 0.000000245. The number of nitrogens with zero attached hydrogens (tertiary/aromatic N) is 3. The van der Waals surface area contributed by atoms with Crippen molar-refractivity contribution in [3.63, 3.8) is 0 Å². The van der Waals surface area contributed by atoms with Crippen LogP contribution in [0.3, 0.4) is 0 Å². The van der Waals surface area contributed by atoms with Crippen molar-refractivity contribution >= 4 is 93.3 Å². The minimum Gasteiger partial charge on any atom is -0.478 e. The lowest BCUT2D eigenvalue weighted by Gasteiger charge is -2.22. The molecule has 406 valence electrons. The minimum absolute atomic E-state index is 0.0401. The number of aromatic nitrogens is 2. The number of likely N-dealkylation sites (N-methyl/N-ethyl adjacent to an activating group) is 2. The number of benzene rings is 4. The molecule has 0 radical (unpaired) electrons. The summed E-state index contributed by atoms with van der Waals surface area (Å²) in [5, 5.41) is 17.9. The summed E-state index contributed by atoms with van der Waals surface area (Å²) in [7, 11) is 3.19. The summed E-state index contributed by atoms with van der Waals surface area (Å²) in [6, 6.07) is 33.4. The lowest BCUT2D eigenvalue weighted by atomic mass is 9.95. The van der Waals surface area contributed by atoms with E-state index in [-0.39, 0.29) is 64.0 Å². The lowest BCUT2D eigenvalue weighted by Crippen LogP contribution is -2.41. The number of urea groups is 2. The van der Waals surface area contributed by atoms with Gasteiger partial charge in [-0.05, 0) is 108 Å². The number of pyridine rings is 2. The molecule has 8 rings (SSSR count). The van der Waals surface area contributed by atoms with Crippen LogP contribution in [0.15, 0.2) is 122 Å². The number of carboxylic acids is 1. The number of aryl methyl sites for hydroxylation is 4. The molecule has 22 heteroatoms. The monoisotopic (exact) mass is 1200 g/mol. The van der Waals surface area contributed by atoms with Gasteiger partial charge in [0.15, 0.2) is 11.6 Å². The summed E-state index contributed by atoms with van der Waals surface area (Å²) < 4.78 is 9.45. The number of carbonyl (C=O) groups excluding carboxylic acids is 5. The molecule has 77 heavy (non-hydrogen) atoms. The van der Waals surface area contributed by atoms with Gasteiger partial charge in [-0.15, -0.1) is 0 Å². The summed E-state index contributed by atoms with van der Waals surface area (Å²) >= 11 is 14.5.